The van der Waals surface area contributed by atoms with Gasteiger partial charge in [0.1, 0.15) is 5.75 Å². The van der Waals surface area contributed by atoms with Crippen LogP contribution in [0.25, 0.3) is 0 Å². The lowest BCUT2D eigenvalue weighted by Crippen LogP contribution is -2.30. The van der Waals surface area contributed by atoms with E-state index in [1.807, 2.05) is 23.1 Å². The fraction of sp³-hybridized carbons (Fsp3) is 0.300. The summed E-state index contributed by atoms with van der Waals surface area (Å²) >= 11 is 5.90. The van der Waals surface area contributed by atoms with Gasteiger partial charge in [-0.25, -0.2) is 0 Å². The molecule has 3 rings (SSSR count). The Kier molecular flexibility index (Phi) is 5.47. The number of amides is 2. The monoisotopic (exact) mass is 372 g/mol. The zero-order chi connectivity index (χ0) is 18.7. The van der Waals surface area contributed by atoms with Crippen molar-refractivity contribution in [3.63, 3.8) is 0 Å². The van der Waals surface area contributed by atoms with Gasteiger partial charge in [0.05, 0.1) is 11.4 Å². The van der Waals surface area contributed by atoms with Crippen molar-refractivity contribution in [3.05, 3.63) is 64.2 Å². The van der Waals surface area contributed by atoms with Crippen molar-refractivity contribution in [1.82, 2.24) is 4.90 Å². The maximum absolute atomic E-state index is 12.5. The number of halogens is 1. The van der Waals surface area contributed by atoms with E-state index in [9.17, 15) is 14.7 Å². The van der Waals surface area contributed by atoms with Gasteiger partial charge in [-0.05, 0) is 54.2 Å². The van der Waals surface area contributed by atoms with Crippen LogP contribution in [-0.4, -0.2) is 34.9 Å². The molecule has 0 aliphatic carbocycles. The number of phenols is 1. The molecular formula is C20H21ClN2O3. The van der Waals surface area contributed by atoms with Crippen LogP contribution in [0.5, 0.6) is 5.75 Å². The van der Waals surface area contributed by atoms with E-state index in [1.54, 1.807) is 18.2 Å². The fourth-order valence-electron chi connectivity index (χ4n) is 3.36. The Balaban J connectivity index is 1.57. The summed E-state index contributed by atoms with van der Waals surface area (Å²) in [7, 11) is 0. The SMILES string of the molecule is NC(=O)c1cccc(C[C@H]2CCN(C(=O)Cc3ccc(O)c(Cl)c3)C2)c1. The minimum Gasteiger partial charge on any atom is -0.506 e. The molecule has 0 radical (unpaired) electrons. The van der Waals surface area contributed by atoms with Crippen LogP contribution in [0.4, 0.5) is 0 Å². The largest absolute Gasteiger partial charge is 0.506 e. The van der Waals surface area contributed by atoms with Crippen LogP contribution in [0, 0.1) is 5.92 Å². The average Bonchev–Trinajstić information content (AvgIpc) is 3.07. The zero-order valence-corrected chi connectivity index (χ0v) is 15.1. The summed E-state index contributed by atoms with van der Waals surface area (Å²) in [6, 6.07) is 12.2. The van der Waals surface area contributed by atoms with Crippen molar-refractivity contribution in [1.29, 1.82) is 0 Å². The lowest BCUT2D eigenvalue weighted by Gasteiger charge is -2.17. The van der Waals surface area contributed by atoms with Gasteiger partial charge in [-0.2, -0.15) is 0 Å². The molecular weight excluding hydrogens is 352 g/mol. The Bertz CT molecular complexity index is 838. The first kappa shape index (κ1) is 18.3. The van der Waals surface area contributed by atoms with E-state index in [4.69, 9.17) is 17.3 Å². The summed E-state index contributed by atoms with van der Waals surface area (Å²) in [6.07, 6.45) is 2.02. The molecule has 0 bridgehead atoms. The predicted octanol–water partition coefficient (Wildman–Crippen LogP) is 2.78. The minimum atomic E-state index is -0.428. The van der Waals surface area contributed by atoms with Crippen molar-refractivity contribution < 1.29 is 14.7 Å². The minimum absolute atomic E-state index is 0.0160. The summed E-state index contributed by atoms with van der Waals surface area (Å²) in [4.78, 5) is 25.7. The highest BCUT2D eigenvalue weighted by Crippen LogP contribution is 2.25. The van der Waals surface area contributed by atoms with Crippen molar-refractivity contribution in [2.75, 3.05) is 13.1 Å². The second-order valence-electron chi connectivity index (χ2n) is 6.73. The molecule has 2 amide bonds. The van der Waals surface area contributed by atoms with E-state index in [-0.39, 0.29) is 23.1 Å². The first-order valence-electron chi connectivity index (χ1n) is 8.56. The summed E-state index contributed by atoms with van der Waals surface area (Å²) in [6.45, 7) is 1.43. The van der Waals surface area contributed by atoms with Gasteiger partial charge in [0.2, 0.25) is 11.8 Å². The molecule has 0 unspecified atom stereocenters. The summed E-state index contributed by atoms with van der Waals surface area (Å²) in [5.41, 5.74) is 7.69. The molecule has 1 fully saturated rings. The van der Waals surface area contributed by atoms with Gasteiger partial charge >= 0.3 is 0 Å². The van der Waals surface area contributed by atoms with Gasteiger partial charge in [0.25, 0.3) is 0 Å². The highest BCUT2D eigenvalue weighted by atomic mass is 35.5. The van der Waals surface area contributed by atoms with Crippen LogP contribution < -0.4 is 5.73 Å². The maximum atomic E-state index is 12.5. The van der Waals surface area contributed by atoms with E-state index in [0.29, 0.717) is 18.0 Å². The van der Waals surface area contributed by atoms with Crippen molar-refractivity contribution >= 4 is 23.4 Å². The van der Waals surface area contributed by atoms with Crippen LogP contribution >= 0.6 is 11.6 Å². The van der Waals surface area contributed by atoms with Crippen LogP contribution in [0.15, 0.2) is 42.5 Å². The Morgan fingerprint density at radius 1 is 1.19 bits per heavy atom. The maximum Gasteiger partial charge on any atom is 0.248 e. The number of hydrogen-bond donors (Lipinski definition) is 2. The number of hydrogen-bond acceptors (Lipinski definition) is 3. The topological polar surface area (TPSA) is 83.6 Å². The van der Waals surface area contributed by atoms with Gasteiger partial charge in [-0.15, -0.1) is 0 Å². The van der Waals surface area contributed by atoms with Gasteiger partial charge in [-0.1, -0.05) is 29.8 Å². The third-order valence-corrected chi connectivity index (χ3v) is 5.04. The van der Waals surface area contributed by atoms with Crippen molar-refractivity contribution in [3.8, 4) is 5.75 Å². The van der Waals surface area contributed by atoms with Crippen LogP contribution in [0.2, 0.25) is 5.02 Å². The number of nitrogens with zero attached hydrogens (tertiary/aromatic N) is 1. The molecule has 2 aromatic carbocycles. The summed E-state index contributed by atoms with van der Waals surface area (Å²) in [5, 5.41) is 9.72. The van der Waals surface area contributed by atoms with Crippen molar-refractivity contribution in [2.24, 2.45) is 11.7 Å². The third kappa shape index (κ3) is 4.35. The number of nitrogens with two attached hydrogens (primary N) is 1. The predicted molar refractivity (Wildman–Crippen MR) is 100 cm³/mol. The molecule has 0 spiro atoms. The van der Waals surface area contributed by atoms with Gasteiger partial charge in [-0.3, -0.25) is 9.59 Å². The van der Waals surface area contributed by atoms with E-state index >= 15 is 0 Å². The normalized spacial score (nSPS) is 16.7. The van der Waals surface area contributed by atoms with Gasteiger partial charge in [0, 0.05) is 18.7 Å². The van der Waals surface area contributed by atoms with Crippen LogP contribution in [-0.2, 0) is 17.6 Å². The lowest BCUT2D eigenvalue weighted by molar-refractivity contribution is -0.129. The van der Waals surface area contributed by atoms with E-state index < -0.39 is 5.91 Å². The number of rotatable bonds is 5. The highest BCUT2D eigenvalue weighted by Gasteiger charge is 2.26. The average molecular weight is 373 g/mol. The molecule has 5 nitrogen and oxygen atoms in total. The summed E-state index contributed by atoms with van der Waals surface area (Å²) in [5.74, 6) is 0.00977. The zero-order valence-electron chi connectivity index (χ0n) is 14.3. The number of benzene rings is 2. The molecule has 136 valence electrons. The van der Waals surface area contributed by atoms with E-state index in [0.717, 1.165) is 30.5 Å². The Morgan fingerprint density at radius 2 is 2.00 bits per heavy atom. The Hall–Kier alpha value is -2.53. The quantitative estimate of drug-likeness (QED) is 0.846. The van der Waals surface area contributed by atoms with Crippen molar-refractivity contribution in [2.45, 2.75) is 19.3 Å². The number of carbonyl (C=O) groups is 2. The number of likely N-dealkylation sites (tertiary alicyclic amines) is 1. The molecule has 1 saturated heterocycles. The highest BCUT2D eigenvalue weighted by molar-refractivity contribution is 6.32. The second-order valence-corrected chi connectivity index (χ2v) is 7.13. The number of primary amides is 1. The number of aromatic hydroxyl groups is 1. The molecule has 1 aliphatic rings. The molecule has 0 aromatic heterocycles. The van der Waals surface area contributed by atoms with Crippen LogP contribution in [0.3, 0.4) is 0 Å². The Labute approximate surface area is 157 Å². The van der Waals surface area contributed by atoms with E-state index in [1.165, 1.54) is 6.07 Å². The first-order valence-corrected chi connectivity index (χ1v) is 8.94. The van der Waals surface area contributed by atoms with E-state index in [2.05, 4.69) is 0 Å². The molecule has 2 aromatic rings. The lowest BCUT2D eigenvalue weighted by atomic mass is 9.97. The standard InChI is InChI=1S/C20H21ClN2O3/c21-17-10-14(4-5-18(17)24)11-19(25)23-7-6-15(12-23)8-13-2-1-3-16(9-13)20(22)26/h1-5,9-10,15,24H,6-8,11-12H2,(H2,22,26)/t15-/m1/s1. The number of carbonyl (C=O) groups excluding carboxylic acids is 2. The van der Waals surface area contributed by atoms with Gasteiger partial charge < -0.3 is 15.7 Å². The smallest absolute Gasteiger partial charge is 0.248 e. The molecule has 6 heteroatoms. The molecule has 3 N–H and O–H groups in total. The van der Waals surface area contributed by atoms with Crippen LogP contribution in [0.1, 0.15) is 27.9 Å². The molecule has 26 heavy (non-hydrogen) atoms. The summed E-state index contributed by atoms with van der Waals surface area (Å²) < 4.78 is 0. The fourth-order valence-corrected chi connectivity index (χ4v) is 3.56. The Morgan fingerprint density at radius 3 is 2.73 bits per heavy atom. The molecule has 1 atom stereocenters. The third-order valence-electron chi connectivity index (χ3n) is 4.74. The molecule has 0 saturated carbocycles. The van der Waals surface area contributed by atoms with Gasteiger partial charge in [0.15, 0.2) is 0 Å². The molecule has 1 heterocycles. The molecule has 1 aliphatic heterocycles. The second kappa shape index (κ2) is 7.79. The first-order chi connectivity index (χ1) is 12.4. The number of phenolic OH excluding ortho intramolecular Hbond substituents is 1.